The number of piperazine rings is 1. The fourth-order valence-electron chi connectivity index (χ4n) is 4.66. The predicted octanol–water partition coefficient (Wildman–Crippen LogP) is 3.14. The van der Waals surface area contributed by atoms with Gasteiger partial charge in [-0.15, -0.1) is 0 Å². The van der Waals surface area contributed by atoms with E-state index in [1.165, 1.54) is 22.6 Å². The molecule has 1 N–H and O–H groups in total. The lowest BCUT2D eigenvalue weighted by atomic mass is 9.80. The average Bonchev–Trinajstić information content (AvgIpc) is 3.07. The molecule has 7 heteroatoms. The van der Waals surface area contributed by atoms with Crippen molar-refractivity contribution in [3.05, 3.63) is 28.8 Å². The summed E-state index contributed by atoms with van der Waals surface area (Å²) in [7, 11) is 0. The van der Waals surface area contributed by atoms with Crippen LogP contribution in [-0.4, -0.2) is 73.5 Å². The molecule has 1 aromatic carbocycles. The highest BCUT2D eigenvalue weighted by Gasteiger charge is 2.40. The number of rotatable bonds is 3. The number of amides is 1. The fraction of sp³-hybridized carbons (Fsp3) is 0.650. The molecular weight excluding hydrogens is 366 g/mol. The molecule has 1 spiro atoms. The van der Waals surface area contributed by atoms with Gasteiger partial charge in [0.05, 0.1) is 0 Å². The molecule has 0 aliphatic carbocycles. The Morgan fingerprint density at radius 3 is 2.56 bits per heavy atom. The fourth-order valence-corrected chi connectivity index (χ4v) is 4.82. The molecule has 6 nitrogen and oxygen atoms in total. The molecule has 3 aliphatic rings. The van der Waals surface area contributed by atoms with E-state index < -0.39 is 6.09 Å². The number of ether oxygens (including phenoxy) is 1. The second kappa shape index (κ2) is 7.86. The van der Waals surface area contributed by atoms with Crippen molar-refractivity contribution in [2.75, 3.05) is 57.4 Å². The van der Waals surface area contributed by atoms with Crippen molar-refractivity contribution in [2.45, 2.75) is 25.8 Å². The minimum atomic E-state index is -0.819. The van der Waals surface area contributed by atoms with Crippen LogP contribution < -0.4 is 4.90 Å². The van der Waals surface area contributed by atoms with Gasteiger partial charge >= 0.3 is 6.09 Å². The molecule has 0 unspecified atom stereocenters. The summed E-state index contributed by atoms with van der Waals surface area (Å²) >= 11 is 6.34. The van der Waals surface area contributed by atoms with Crippen LogP contribution in [0.15, 0.2) is 18.2 Å². The summed E-state index contributed by atoms with van der Waals surface area (Å²) in [6.07, 6.45) is 2.70. The highest BCUT2D eigenvalue weighted by Crippen LogP contribution is 2.42. The zero-order valence-electron chi connectivity index (χ0n) is 15.7. The molecule has 0 saturated carbocycles. The second-order valence-electron chi connectivity index (χ2n) is 8.10. The van der Waals surface area contributed by atoms with E-state index >= 15 is 0 Å². The highest BCUT2D eigenvalue weighted by atomic mass is 35.5. The number of hydrogen-bond acceptors (Lipinski definition) is 4. The highest BCUT2D eigenvalue weighted by molar-refractivity contribution is 6.30. The van der Waals surface area contributed by atoms with Crippen LogP contribution in [0.5, 0.6) is 0 Å². The van der Waals surface area contributed by atoms with Crippen molar-refractivity contribution in [1.82, 2.24) is 9.80 Å². The monoisotopic (exact) mass is 393 g/mol. The molecule has 1 aromatic rings. The molecule has 0 aromatic heterocycles. The van der Waals surface area contributed by atoms with Crippen LogP contribution in [0.2, 0.25) is 5.02 Å². The molecule has 3 heterocycles. The summed E-state index contributed by atoms with van der Waals surface area (Å²) in [5.74, 6) is 0. The van der Waals surface area contributed by atoms with Gasteiger partial charge in [-0.2, -0.15) is 0 Å². The molecule has 0 bridgehead atoms. The molecular formula is C20H28ClN3O3. The summed E-state index contributed by atoms with van der Waals surface area (Å²) < 4.78 is 5.57. The lowest BCUT2D eigenvalue weighted by molar-refractivity contribution is 0.0254. The van der Waals surface area contributed by atoms with Crippen LogP contribution in [0, 0.1) is 5.41 Å². The van der Waals surface area contributed by atoms with Gasteiger partial charge in [0.25, 0.3) is 0 Å². The number of carboxylic acid groups (broad SMARTS) is 1. The number of halogens is 1. The van der Waals surface area contributed by atoms with Gasteiger partial charge in [0.1, 0.15) is 0 Å². The summed E-state index contributed by atoms with van der Waals surface area (Å²) in [5, 5.41) is 9.91. The van der Waals surface area contributed by atoms with Crippen molar-refractivity contribution in [3.63, 3.8) is 0 Å². The van der Waals surface area contributed by atoms with Crippen LogP contribution in [-0.2, 0) is 11.3 Å². The van der Waals surface area contributed by atoms with Gasteiger partial charge in [0.2, 0.25) is 0 Å². The first-order valence-electron chi connectivity index (χ1n) is 9.86. The molecule has 4 rings (SSSR count). The molecule has 27 heavy (non-hydrogen) atoms. The maximum Gasteiger partial charge on any atom is 0.407 e. The number of hydrogen-bond donors (Lipinski definition) is 1. The van der Waals surface area contributed by atoms with E-state index in [2.05, 4.69) is 21.9 Å². The van der Waals surface area contributed by atoms with Crippen LogP contribution in [0.1, 0.15) is 24.8 Å². The van der Waals surface area contributed by atoms with Crippen molar-refractivity contribution in [2.24, 2.45) is 5.41 Å². The lowest BCUT2D eigenvalue weighted by Crippen LogP contribution is -2.47. The maximum atomic E-state index is 11.1. The molecule has 3 fully saturated rings. The second-order valence-corrected chi connectivity index (χ2v) is 8.54. The van der Waals surface area contributed by atoms with Crippen molar-refractivity contribution in [3.8, 4) is 0 Å². The molecule has 3 saturated heterocycles. The Labute approximate surface area is 165 Å². The zero-order valence-corrected chi connectivity index (χ0v) is 16.5. The average molecular weight is 394 g/mol. The van der Waals surface area contributed by atoms with Gasteiger partial charge in [-0.3, -0.25) is 4.90 Å². The van der Waals surface area contributed by atoms with Gasteiger partial charge < -0.3 is 19.6 Å². The summed E-state index contributed by atoms with van der Waals surface area (Å²) in [5.41, 5.74) is 2.92. The largest absolute Gasteiger partial charge is 0.465 e. The Morgan fingerprint density at radius 2 is 1.85 bits per heavy atom. The van der Waals surface area contributed by atoms with Crippen molar-refractivity contribution in [1.29, 1.82) is 0 Å². The Bertz CT molecular complexity index is 685. The van der Waals surface area contributed by atoms with Crippen LogP contribution >= 0.6 is 11.6 Å². The quantitative estimate of drug-likeness (QED) is 0.854. The van der Waals surface area contributed by atoms with E-state index in [4.69, 9.17) is 21.4 Å². The SMILES string of the molecule is O=C(O)N1CCN(Cc2ccc(Cl)cc2N2CCC3(CCOCC3)C2)CC1. The van der Waals surface area contributed by atoms with E-state index in [1.54, 1.807) is 0 Å². The van der Waals surface area contributed by atoms with Crippen LogP contribution in [0.3, 0.4) is 0 Å². The topological polar surface area (TPSA) is 56.2 Å². The molecule has 0 radical (unpaired) electrons. The number of benzene rings is 1. The van der Waals surface area contributed by atoms with Crippen LogP contribution in [0.4, 0.5) is 10.5 Å². The first-order valence-corrected chi connectivity index (χ1v) is 10.2. The smallest absolute Gasteiger partial charge is 0.407 e. The summed E-state index contributed by atoms with van der Waals surface area (Å²) in [4.78, 5) is 17.4. The first-order chi connectivity index (χ1) is 13.0. The maximum absolute atomic E-state index is 11.1. The van der Waals surface area contributed by atoms with Gasteiger partial charge in [0, 0.05) is 69.7 Å². The third-order valence-corrected chi connectivity index (χ3v) is 6.65. The standard InChI is InChI=1S/C20H28ClN3O3/c21-17-2-1-16(14-22-7-9-23(10-8-22)19(25)26)18(13-17)24-6-3-20(15-24)4-11-27-12-5-20/h1-2,13H,3-12,14-15H2,(H,25,26). The third kappa shape index (κ3) is 4.18. The van der Waals surface area contributed by atoms with E-state index in [1.807, 2.05) is 6.07 Å². The Kier molecular flexibility index (Phi) is 5.48. The van der Waals surface area contributed by atoms with E-state index in [9.17, 15) is 4.79 Å². The van der Waals surface area contributed by atoms with E-state index in [0.29, 0.717) is 18.5 Å². The molecule has 3 aliphatic heterocycles. The van der Waals surface area contributed by atoms with Gasteiger partial charge in [-0.25, -0.2) is 4.79 Å². The Morgan fingerprint density at radius 1 is 1.11 bits per heavy atom. The Hall–Kier alpha value is -1.50. The lowest BCUT2D eigenvalue weighted by Gasteiger charge is -2.35. The van der Waals surface area contributed by atoms with Gasteiger partial charge in [-0.1, -0.05) is 17.7 Å². The summed E-state index contributed by atoms with van der Waals surface area (Å²) in [6, 6.07) is 6.20. The summed E-state index contributed by atoms with van der Waals surface area (Å²) in [6.45, 7) is 7.44. The number of anilines is 1. The van der Waals surface area contributed by atoms with Crippen molar-refractivity contribution >= 4 is 23.4 Å². The minimum absolute atomic E-state index is 0.394. The predicted molar refractivity (Wildman–Crippen MR) is 106 cm³/mol. The van der Waals surface area contributed by atoms with Crippen LogP contribution in [0.25, 0.3) is 0 Å². The number of carbonyl (C=O) groups is 1. The van der Waals surface area contributed by atoms with E-state index in [-0.39, 0.29) is 0 Å². The third-order valence-electron chi connectivity index (χ3n) is 6.42. The normalized spacial score (nSPS) is 23.1. The number of nitrogens with zero attached hydrogens (tertiary/aromatic N) is 3. The molecule has 148 valence electrons. The van der Waals surface area contributed by atoms with Gasteiger partial charge in [-0.05, 0) is 42.4 Å². The zero-order chi connectivity index (χ0) is 18.9. The van der Waals surface area contributed by atoms with Crippen molar-refractivity contribution < 1.29 is 14.6 Å². The Balaban J connectivity index is 1.46. The van der Waals surface area contributed by atoms with E-state index in [0.717, 1.165) is 63.8 Å². The molecule has 1 amide bonds. The minimum Gasteiger partial charge on any atom is -0.465 e. The first kappa shape index (κ1) is 18.8. The van der Waals surface area contributed by atoms with Gasteiger partial charge in [0.15, 0.2) is 0 Å². The molecule has 0 atom stereocenters.